The Hall–Kier alpha value is -0.200. The van der Waals surface area contributed by atoms with Crippen LogP contribution >= 0.6 is 12.2 Å². The normalized spacial score (nSPS) is 31.6. The molecule has 102 valence electrons. The zero-order valence-electron chi connectivity index (χ0n) is 11.7. The van der Waals surface area contributed by atoms with E-state index in [1.807, 2.05) is 0 Å². The van der Waals surface area contributed by atoms with Gasteiger partial charge < -0.3 is 0 Å². The molecule has 0 aromatic carbocycles. The van der Waals surface area contributed by atoms with Crippen molar-refractivity contribution in [3.8, 4) is 0 Å². The second kappa shape index (κ2) is 7.40. The van der Waals surface area contributed by atoms with Gasteiger partial charge in [-0.3, -0.25) is 0 Å². The molecule has 0 amide bonds. The third kappa shape index (κ3) is 3.65. The van der Waals surface area contributed by atoms with Gasteiger partial charge in [-0.25, -0.2) is 4.99 Å². The smallest absolute Gasteiger partial charge is 0.0603 e. The Bertz CT molecular complexity index is 281. The lowest BCUT2D eigenvalue weighted by atomic mass is 9.68. The van der Waals surface area contributed by atoms with Crippen LogP contribution in [0.4, 0.5) is 0 Å². The lowest BCUT2D eigenvalue weighted by Gasteiger charge is -2.38. The fourth-order valence-corrected chi connectivity index (χ4v) is 4.50. The lowest BCUT2D eigenvalue weighted by molar-refractivity contribution is 0.134. The van der Waals surface area contributed by atoms with E-state index < -0.39 is 0 Å². The first kappa shape index (κ1) is 14.2. The second-order valence-corrected chi connectivity index (χ2v) is 6.44. The third-order valence-corrected chi connectivity index (χ3v) is 5.41. The topological polar surface area (TPSA) is 12.4 Å². The molecule has 1 unspecified atom stereocenters. The second-order valence-electron chi connectivity index (χ2n) is 6.26. The summed E-state index contributed by atoms with van der Waals surface area (Å²) in [5.74, 6) is 2.98. The Labute approximate surface area is 117 Å². The highest BCUT2D eigenvalue weighted by Crippen LogP contribution is 2.41. The van der Waals surface area contributed by atoms with Gasteiger partial charge in [0.15, 0.2) is 0 Å². The fraction of sp³-hybridized carbons (Fsp3) is 0.938. The average molecular weight is 265 g/mol. The number of hydrogen-bond donors (Lipinski definition) is 0. The summed E-state index contributed by atoms with van der Waals surface area (Å²) in [7, 11) is 0. The van der Waals surface area contributed by atoms with E-state index in [0.717, 1.165) is 17.8 Å². The monoisotopic (exact) mass is 265 g/mol. The van der Waals surface area contributed by atoms with Gasteiger partial charge in [-0.05, 0) is 55.7 Å². The van der Waals surface area contributed by atoms with Crippen LogP contribution in [0, 0.1) is 17.8 Å². The minimum atomic E-state index is 0.489. The molecule has 0 aromatic heterocycles. The standard InChI is InChI=1S/C16H27NS/c1-2-16(13-6-4-3-5-7-13)14-8-10-15(11-9-14)17-12-18/h13-16H,2-11H2,1H3. The molecule has 0 spiro atoms. The minimum Gasteiger partial charge on any atom is -0.229 e. The van der Waals surface area contributed by atoms with Crippen molar-refractivity contribution in [2.24, 2.45) is 22.7 Å². The van der Waals surface area contributed by atoms with E-state index in [0.29, 0.717) is 6.04 Å². The van der Waals surface area contributed by atoms with Gasteiger partial charge in [0.1, 0.15) is 0 Å². The van der Waals surface area contributed by atoms with Gasteiger partial charge in [0.25, 0.3) is 0 Å². The van der Waals surface area contributed by atoms with Crippen LogP contribution in [-0.4, -0.2) is 11.2 Å². The SMILES string of the molecule is CCC(C1CCCCC1)C1CCC(N=C=S)CC1. The van der Waals surface area contributed by atoms with Crippen molar-refractivity contribution in [1.82, 2.24) is 0 Å². The summed E-state index contributed by atoms with van der Waals surface area (Å²) in [4.78, 5) is 4.28. The highest BCUT2D eigenvalue weighted by molar-refractivity contribution is 7.78. The molecule has 1 nitrogen and oxygen atoms in total. The van der Waals surface area contributed by atoms with Crippen molar-refractivity contribution in [2.45, 2.75) is 77.2 Å². The van der Waals surface area contributed by atoms with Crippen molar-refractivity contribution in [3.05, 3.63) is 0 Å². The molecule has 0 heterocycles. The van der Waals surface area contributed by atoms with E-state index in [-0.39, 0.29) is 0 Å². The number of thiocarbonyl (C=S) groups is 1. The number of isothiocyanates is 1. The molecule has 2 saturated carbocycles. The summed E-state index contributed by atoms with van der Waals surface area (Å²) < 4.78 is 0. The van der Waals surface area contributed by atoms with E-state index in [1.54, 1.807) is 0 Å². The predicted molar refractivity (Wildman–Crippen MR) is 81.1 cm³/mol. The van der Waals surface area contributed by atoms with Gasteiger partial charge in [0.05, 0.1) is 11.2 Å². The Kier molecular flexibility index (Phi) is 5.85. The van der Waals surface area contributed by atoms with Crippen molar-refractivity contribution in [3.63, 3.8) is 0 Å². The first-order valence-electron chi connectivity index (χ1n) is 7.92. The zero-order valence-corrected chi connectivity index (χ0v) is 12.6. The summed E-state index contributed by atoms with van der Waals surface area (Å²) in [6.07, 6.45) is 14.1. The fourth-order valence-electron chi connectivity index (χ4n) is 4.35. The Morgan fingerprint density at radius 2 is 1.61 bits per heavy atom. The summed E-state index contributed by atoms with van der Waals surface area (Å²) in [5, 5.41) is 2.57. The maximum absolute atomic E-state index is 4.72. The maximum atomic E-state index is 4.72. The van der Waals surface area contributed by atoms with Gasteiger partial charge in [0.2, 0.25) is 0 Å². The molecule has 2 aliphatic rings. The molecule has 0 radical (unpaired) electrons. The van der Waals surface area contributed by atoms with E-state index in [2.05, 4.69) is 17.1 Å². The van der Waals surface area contributed by atoms with E-state index >= 15 is 0 Å². The molecule has 0 aliphatic heterocycles. The molecular weight excluding hydrogens is 238 g/mol. The van der Waals surface area contributed by atoms with Crippen LogP contribution in [0.25, 0.3) is 0 Å². The summed E-state index contributed by atoms with van der Waals surface area (Å²) in [6.45, 7) is 2.40. The predicted octanol–water partition coefficient (Wildman–Crippen LogP) is 5.25. The number of rotatable bonds is 4. The van der Waals surface area contributed by atoms with Crippen molar-refractivity contribution < 1.29 is 0 Å². The first-order valence-corrected chi connectivity index (χ1v) is 8.33. The molecule has 2 fully saturated rings. The maximum Gasteiger partial charge on any atom is 0.0603 e. The number of aliphatic imine (C=N–C) groups is 1. The quantitative estimate of drug-likeness (QED) is 0.499. The first-order chi connectivity index (χ1) is 8.85. The van der Waals surface area contributed by atoms with Crippen molar-refractivity contribution >= 4 is 17.4 Å². The van der Waals surface area contributed by atoms with Crippen LogP contribution in [0.15, 0.2) is 4.99 Å². The zero-order chi connectivity index (χ0) is 12.8. The largest absolute Gasteiger partial charge is 0.229 e. The van der Waals surface area contributed by atoms with Crippen molar-refractivity contribution in [1.29, 1.82) is 0 Å². The molecular formula is C16H27NS. The van der Waals surface area contributed by atoms with Gasteiger partial charge in [-0.15, -0.1) is 0 Å². The number of hydrogen-bond acceptors (Lipinski definition) is 2. The van der Waals surface area contributed by atoms with Crippen molar-refractivity contribution in [2.75, 3.05) is 0 Å². The van der Waals surface area contributed by atoms with E-state index in [4.69, 9.17) is 12.2 Å². The van der Waals surface area contributed by atoms with E-state index in [9.17, 15) is 0 Å². The summed E-state index contributed by atoms with van der Waals surface area (Å²) >= 11 is 4.72. The lowest BCUT2D eigenvalue weighted by Crippen LogP contribution is -2.29. The highest BCUT2D eigenvalue weighted by Gasteiger charge is 2.31. The van der Waals surface area contributed by atoms with Gasteiger partial charge >= 0.3 is 0 Å². The molecule has 2 heteroatoms. The number of nitrogens with zero attached hydrogens (tertiary/aromatic N) is 1. The Morgan fingerprint density at radius 3 is 2.17 bits per heavy atom. The molecule has 0 bridgehead atoms. The molecule has 0 saturated heterocycles. The van der Waals surface area contributed by atoms with Gasteiger partial charge in [-0.2, -0.15) is 0 Å². The van der Waals surface area contributed by atoms with Crippen LogP contribution in [-0.2, 0) is 0 Å². The Morgan fingerprint density at radius 1 is 1.00 bits per heavy atom. The molecule has 18 heavy (non-hydrogen) atoms. The third-order valence-electron chi connectivity index (χ3n) is 5.31. The van der Waals surface area contributed by atoms with Crippen LogP contribution < -0.4 is 0 Å². The molecule has 0 N–H and O–H groups in total. The highest BCUT2D eigenvalue weighted by atomic mass is 32.1. The average Bonchev–Trinajstić information content (AvgIpc) is 2.43. The molecule has 0 aromatic rings. The van der Waals surface area contributed by atoms with Gasteiger partial charge in [0, 0.05) is 0 Å². The molecule has 2 rings (SSSR count). The Balaban J connectivity index is 1.87. The van der Waals surface area contributed by atoms with E-state index in [1.165, 1.54) is 64.2 Å². The van der Waals surface area contributed by atoms with Crippen LogP contribution in [0.3, 0.4) is 0 Å². The minimum absolute atomic E-state index is 0.489. The summed E-state index contributed by atoms with van der Waals surface area (Å²) in [5.41, 5.74) is 0. The van der Waals surface area contributed by atoms with Crippen LogP contribution in [0.1, 0.15) is 71.1 Å². The molecule has 2 aliphatic carbocycles. The van der Waals surface area contributed by atoms with Crippen LogP contribution in [0.5, 0.6) is 0 Å². The molecule has 1 atom stereocenters. The van der Waals surface area contributed by atoms with Crippen LogP contribution in [0.2, 0.25) is 0 Å². The van der Waals surface area contributed by atoms with Gasteiger partial charge in [-0.1, -0.05) is 45.4 Å². The summed E-state index contributed by atoms with van der Waals surface area (Å²) in [6, 6.07) is 0.489.